The van der Waals surface area contributed by atoms with Crippen LogP contribution in [0.25, 0.3) is 16.9 Å². The van der Waals surface area contributed by atoms with Gasteiger partial charge in [-0.15, -0.1) is 11.8 Å². The number of hydrogen-bond acceptors (Lipinski definition) is 4. The van der Waals surface area contributed by atoms with E-state index in [2.05, 4.69) is 12.2 Å². The molecule has 4 heterocycles. The molecule has 29 heavy (non-hydrogen) atoms. The summed E-state index contributed by atoms with van der Waals surface area (Å²) in [6.07, 6.45) is 3.22. The van der Waals surface area contributed by atoms with Gasteiger partial charge in [0.2, 0.25) is 11.8 Å². The number of nitrogens with zero attached hydrogens (tertiary/aromatic N) is 3. The summed E-state index contributed by atoms with van der Waals surface area (Å²) in [5.41, 5.74) is 3.51. The Labute approximate surface area is 173 Å². The Kier molecular flexibility index (Phi) is 4.17. The normalized spacial score (nSPS) is 23.6. The minimum absolute atomic E-state index is 0.0647. The SMILES string of the molecule is Cc1cccn2c(NC(=O)[C@H]3CS[C@@]4(C)CCC(=O)N34)c(-c3ccccc3)nc12. The molecule has 0 saturated carbocycles. The Balaban J connectivity index is 1.56. The van der Waals surface area contributed by atoms with Crippen molar-refractivity contribution in [2.45, 2.75) is 37.6 Å². The number of carbonyl (C=O) groups excluding carboxylic acids is 2. The van der Waals surface area contributed by atoms with E-state index in [1.165, 1.54) is 0 Å². The summed E-state index contributed by atoms with van der Waals surface area (Å²) in [5.74, 6) is 1.17. The number of rotatable bonds is 3. The molecule has 148 valence electrons. The fourth-order valence-corrected chi connectivity index (χ4v) is 5.77. The number of amides is 2. The fraction of sp³-hybridized carbons (Fsp3) is 0.318. The fourth-order valence-electron chi connectivity index (χ4n) is 4.34. The number of hydrogen-bond donors (Lipinski definition) is 1. The van der Waals surface area contributed by atoms with Crippen molar-refractivity contribution < 1.29 is 9.59 Å². The van der Waals surface area contributed by atoms with Crippen LogP contribution in [0.3, 0.4) is 0 Å². The zero-order valence-electron chi connectivity index (χ0n) is 16.4. The lowest BCUT2D eigenvalue weighted by atomic mass is 10.1. The van der Waals surface area contributed by atoms with Crippen LogP contribution in [-0.4, -0.2) is 42.8 Å². The highest BCUT2D eigenvalue weighted by molar-refractivity contribution is 8.01. The highest BCUT2D eigenvalue weighted by atomic mass is 32.2. The summed E-state index contributed by atoms with van der Waals surface area (Å²) in [6.45, 7) is 4.06. The number of pyridine rings is 1. The van der Waals surface area contributed by atoms with Crippen LogP contribution >= 0.6 is 11.8 Å². The van der Waals surface area contributed by atoms with E-state index in [0.29, 0.717) is 18.0 Å². The zero-order valence-corrected chi connectivity index (χ0v) is 17.2. The smallest absolute Gasteiger partial charge is 0.249 e. The number of benzene rings is 1. The van der Waals surface area contributed by atoms with E-state index < -0.39 is 6.04 Å². The molecule has 2 aliphatic heterocycles. The van der Waals surface area contributed by atoms with Crippen molar-refractivity contribution >= 4 is 35.0 Å². The first-order chi connectivity index (χ1) is 14.0. The number of nitrogens with one attached hydrogen (secondary N) is 1. The molecule has 5 rings (SSSR count). The van der Waals surface area contributed by atoms with Crippen LogP contribution < -0.4 is 5.32 Å². The molecule has 1 aromatic carbocycles. The van der Waals surface area contributed by atoms with Crippen LogP contribution in [0.1, 0.15) is 25.3 Å². The predicted octanol–water partition coefficient (Wildman–Crippen LogP) is 3.70. The van der Waals surface area contributed by atoms with Crippen LogP contribution in [0.4, 0.5) is 5.82 Å². The minimum Gasteiger partial charge on any atom is -0.315 e. The molecular formula is C22H22N4O2S. The van der Waals surface area contributed by atoms with Crippen molar-refractivity contribution in [1.82, 2.24) is 14.3 Å². The average Bonchev–Trinajstić information content (AvgIpc) is 3.35. The molecule has 1 N–H and O–H groups in total. The van der Waals surface area contributed by atoms with Gasteiger partial charge in [-0.25, -0.2) is 4.98 Å². The van der Waals surface area contributed by atoms with Gasteiger partial charge in [-0.05, 0) is 31.9 Å². The second-order valence-corrected chi connectivity index (χ2v) is 9.32. The van der Waals surface area contributed by atoms with E-state index >= 15 is 0 Å². The number of aromatic nitrogens is 2. The van der Waals surface area contributed by atoms with Gasteiger partial charge < -0.3 is 10.2 Å². The minimum atomic E-state index is -0.459. The van der Waals surface area contributed by atoms with Crippen LogP contribution in [0.2, 0.25) is 0 Å². The van der Waals surface area contributed by atoms with Gasteiger partial charge in [0.25, 0.3) is 0 Å². The molecule has 2 fully saturated rings. The van der Waals surface area contributed by atoms with Gasteiger partial charge in [-0.1, -0.05) is 36.4 Å². The maximum Gasteiger partial charge on any atom is 0.249 e. The van der Waals surface area contributed by atoms with E-state index in [4.69, 9.17) is 4.98 Å². The molecule has 0 unspecified atom stereocenters. The van der Waals surface area contributed by atoms with Gasteiger partial charge in [0.05, 0.1) is 4.87 Å². The Hall–Kier alpha value is -2.80. The first kappa shape index (κ1) is 18.2. The molecule has 7 heteroatoms. The Morgan fingerprint density at radius 1 is 1.24 bits per heavy atom. The number of thioether (sulfide) groups is 1. The summed E-state index contributed by atoms with van der Waals surface area (Å²) in [4.78, 5) is 32.1. The summed E-state index contributed by atoms with van der Waals surface area (Å²) in [6, 6.07) is 13.3. The Bertz CT molecular complexity index is 1130. The summed E-state index contributed by atoms with van der Waals surface area (Å²) >= 11 is 1.70. The van der Waals surface area contributed by atoms with Crippen molar-refractivity contribution in [2.24, 2.45) is 0 Å². The second kappa shape index (κ2) is 6.62. The molecule has 6 nitrogen and oxygen atoms in total. The number of fused-ring (bicyclic) bond motifs is 2. The van der Waals surface area contributed by atoms with E-state index in [1.54, 1.807) is 16.7 Å². The third-order valence-electron chi connectivity index (χ3n) is 5.88. The van der Waals surface area contributed by atoms with Crippen LogP contribution in [0.5, 0.6) is 0 Å². The topological polar surface area (TPSA) is 66.7 Å². The monoisotopic (exact) mass is 406 g/mol. The maximum absolute atomic E-state index is 13.3. The molecule has 2 atom stereocenters. The lowest BCUT2D eigenvalue weighted by molar-refractivity contribution is -0.135. The Morgan fingerprint density at radius 2 is 2.03 bits per heavy atom. The van der Waals surface area contributed by atoms with Gasteiger partial charge in [0, 0.05) is 23.9 Å². The summed E-state index contributed by atoms with van der Waals surface area (Å²) < 4.78 is 1.92. The lowest BCUT2D eigenvalue weighted by Gasteiger charge is -2.29. The predicted molar refractivity (Wildman–Crippen MR) is 115 cm³/mol. The quantitative estimate of drug-likeness (QED) is 0.720. The lowest BCUT2D eigenvalue weighted by Crippen LogP contribution is -2.48. The highest BCUT2D eigenvalue weighted by Crippen LogP contribution is 2.47. The van der Waals surface area contributed by atoms with Crippen LogP contribution in [0.15, 0.2) is 48.7 Å². The van der Waals surface area contributed by atoms with Gasteiger partial charge >= 0.3 is 0 Å². The van der Waals surface area contributed by atoms with E-state index in [-0.39, 0.29) is 16.7 Å². The van der Waals surface area contributed by atoms with E-state index in [1.807, 2.05) is 60.0 Å². The van der Waals surface area contributed by atoms with Crippen LogP contribution in [0, 0.1) is 6.92 Å². The number of aryl methyl sites for hydroxylation is 1. The molecule has 2 aliphatic rings. The van der Waals surface area contributed by atoms with Crippen molar-refractivity contribution in [3.05, 3.63) is 54.2 Å². The molecular weight excluding hydrogens is 384 g/mol. The van der Waals surface area contributed by atoms with Gasteiger partial charge in [-0.3, -0.25) is 14.0 Å². The summed E-state index contributed by atoms with van der Waals surface area (Å²) in [5, 5.41) is 3.11. The molecule has 0 bridgehead atoms. The zero-order chi connectivity index (χ0) is 20.2. The molecule has 3 aromatic rings. The largest absolute Gasteiger partial charge is 0.315 e. The maximum atomic E-state index is 13.3. The molecule has 0 spiro atoms. The first-order valence-corrected chi connectivity index (χ1v) is 10.8. The van der Waals surface area contributed by atoms with Crippen molar-refractivity contribution in [3.63, 3.8) is 0 Å². The van der Waals surface area contributed by atoms with E-state index in [9.17, 15) is 9.59 Å². The third kappa shape index (κ3) is 2.83. The van der Waals surface area contributed by atoms with Gasteiger partial charge in [-0.2, -0.15) is 0 Å². The molecule has 0 aliphatic carbocycles. The van der Waals surface area contributed by atoms with Crippen molar-refractivity contribution in [3.8, 4) is 11.3 Å². The highest BCUT2D eigenvalue weighted by Gasteiger charge is 2.53. The molecule has 2 aromatic heterocycles. The Morgan fingerprint density at radius 3 is 2.83 bits per heavy atom. The average molecular weight is 407 g/mol. The molecule has 2 saturated heterocycles. The van der Waals surface area contributed by atoms with Gasteiger partial charge in [0.15, 0.2) is 0 Å². The first-order valence-electron chi connectivity index (χ1n) is 9.78. The van der Waals surface area contributed by atoms with E-state index in [0.717, 1.165) is 28.9 Å². The third-order valence-corrected chi connectivity index (χ3v) is 7.39. The molecule has 2 amide bonds. The number of carbonyl (C=O) groups is 2. The number of anilines is 1. The van der Waals surface area contributed by atoms with Crippen LogP contribution in [-0.2, 0) is 9.59 Å². The molecule has 0 radical (unpaired) electrons. The van der Waals surface area contributed by atoms with Crippen molar-refractivity contribution in [1.29, 1.82) is 0 Å². The second-order valence-electron chi connectivity index (χ2n) is 7.81. The summed E-state index contributed by atoms with van der Waals surface area (Å²) in [7, 11) is 0. The van der Waals surface area contributed by atoms with Gasteiger partial charge in [0.1, 0.15) is 23.2 Å². The standard InChI is InChI=1S/C22H22N4O2S/c1-14-7-6-12-25-19(14)23-18(15-8-4-3-5-9-15)20(25)24-21(28)16-13-29-22(2)11-10-17(27)26(16)22/h3-9,12,16H,10-11,13H2,1-2H3,(H,24,28)/t16-,22+/m1/s1. The van der Waals surface area contributed by atoms with Crippen molar-refractivity contribution in [2.75, 3.05) is 11.1 Å². The number of imidazole rings is 1.